The van der Waals surface area contributed by atoms with Gasteiger partial charge in [0, 0.05) is 61.6 Å². The number of aromatic nitrogens is 1. The van der Waals surface area contributed by atoms with Crippen LogP contribution in [-0.4, -0.2) is 78.1 Å². The first kappa shape index (κ1) is 28.5. The highest BCUT2D eigenvalue weighted by atomic mass is 35.5. The number of nitrogens with zero attached hydrogens (tertiary/aromatic N) is 3. The minimum absolute atomic E-state index is 0. The summed E-state index contributed by atoms with van der Waals surface area (Å²) >= 11 is 1.40. The molecule has 3 atom stereocenters. The molecule has 0 unspecified atom stereocenters. The molecule has 3 amide bonds. The first-order valence-corrected chi connectivity index (χ1v) is 12.9. The van der Waals surface area contributed by atoms with Gasteiger partial charge in [-0.2, -0.15) is 0 Å². The number of carbonyl (C=O) groups excluding carboxylic acids is 3. The molecular weight excluding hydrogens is 514 g/mol. The molecule has 1 aliphatic carbocycles. The fraction of sp³-hybridized carbons (Fsp3) is 0.480. The van der Waals surface area contributed by atoms with Crippen molar-refractivity contribution in [1.82, 2.24) is 25.4 Å². The van der Waals surface area contributed by atoms with Crippen LogP contribution in [0.4, 0.5) is 0 Å². The van der Waals surface area contributed by atoms with Gasteiger partial charge in [-0.25, -0.2) is 4.98 Å². The van der Waals surface area contributed by atoms with Gasteiger partial charge in [0.1, 0.15) is 5.84 Å². The van der Waals surface area contributed by atoms with Crippen molar-refractivity contribution in [1.29, 1.82) is 5.41 Å². The summed E-state index contributed by atoms with van der Waals surface area (Å²) in [5.74, 6) is -0.932. The molecule has 1 aliphatic heterocycles. The zero-order chi connectivity index (χ0) is 26.0. The maximum absolute atomic E-state index is 13.2. The molecule has 5 N–H and O–H groups in total. The second-order valence-corrected chi connectivity index (χ2v) is 10.9. The van der Waals surface area contributed by atoms with Crippen molar-refractivity contribution < 1.29 is 14.4 Å². The summed E-state index contributed by atoms with van der Waals surface area (Å²) in [6.45, 7) is 1.69. The lowest BCUT2D eigenvalue weighted by molar-refractivity contribution is -0.134. The van der Waals surface area contributed by atoms with Crippen molar-refractivity contribution >= 4 is 47.3 Å². The SMILES string of the molecule is CN1CCc2nc(C(=O)N[C@@H]3C[C@@H](C(=O)N(C)C)CC[C@@H]3NC(=O)c3cccc(C(=N)N)c3)sc2C1.Cl. The minimum Gasteiger partial charge on any atom is -0.384 e. The van der Waals surface area contributed by atoms with E-state index in [1.54, 1.807) is 43.3 Å². The van der Waals surface area contributed by atoms with Crippen LogP contribution in [0.5, 0.6) is 0 Å². The Balaban J connectivity index is 0.00000380. The third-order valence-corrected chi connectivity index (χ3v) is 7.91. The van der Waals surface area contributed by atoms with Crippen LogP contribution in [0.25, 0.3) is 0 Å². The number of hydrogen-bond donors (Lipinski definition) is 4. The Morgan fingerprint density at radius 3 is 2.54 bits per heavy atom. The molecule has 4 rings (SSSR count). The summed E-state index contributed by atoms with van der Waals surface area (Å²) in [5.41, 5.74) is 7.40. The highest BCUT2D eigenvalue weighted by molar-refractivity contribution is 7.13. The van der Waals surface area contributed by atoms with E-state index in [0.29, 0.717) is 35.4 Å². The molecule has 2 aromatic rings. The molecule has 1 aromatic carbocycles. The van der Waals surface area contributed by atoms with Crippen LogP contribution in [0.3, 0.4) is 0 Å². The number of amides is 3. The normalized spacial score (nSPS) is 21.2. The van der Waals surface area contributed by atoms with E-state index in [-0.39, 0.29) is 47.9 Å². The number of amidine groups is 1. The van der Waals surface area contributed by atoms with Crippen LogP contribution in [0.1, 0.15) is 55.6 Å². The van der Waals surface area contributed by atoms with Crippen LogP contribution in [-0.2, 0) is 17.8 Å². The summed E-state index contributed by atoms with van der Waals surface area (Å²) in [5, 5.41) is 14.2. The molecule has 0 bridgehead atoms. The largest absolute Gasteiger partial charge is 0.384 e. The molecule has 0 radical (unpaired) electrons. The van der Waals surface area contributed by atoms with Gasteiger partial charge in [0.15, 0.2) is 5.01 Å². The van der Waals surface area contributed by atoms with E-state index in [1.807, 2.05) is 7.05 Å². The van der Waals surface area contributed by atoms with Gasteiger partial charge in [-0.1, -0.05) is 12.1 Å². The number of carbonyl (C=O) groups is 3. The number of hydrogen-bond acceptors (Lipinski definition) is 7. The topological polar surface area (TPSA) is 145 Å². The van der Waals surface area contributed by atoms with Crippen molar-refractivity contribution in [3.8, 4) is 0 Å². The molecule has 37 heavy (non-hydrogen) atoms. The molecule has 1 fully saturated rings. The van der Waals surface area contributed by atoms with Crippen molar-refractivity contribution in [2.45, 2.75) is 44.3 Å². The first-order chi connectivity index (χ1) is 17.1. The number of nitrogens with two attached hydrogens (primary N) is 1. The predicted molar refractivity (Wildman–Crippen MR) is 145 cm³/mol. The van der Waals surface area contributed by atoms with Gasteiger partial charge in [-0.3, -0.25) is 19.8 Å². The molecule has 2 heterocycles. The third kappa shape index (κ3) is 6.65. The monoisotopic (exact) mass is 547 g/mol. The van der Waals surface area contributed by atoms with Gasteiger partial charge < -0.3 is 26.2 Å². The third-order valence-electron chi connectivity index (χ3n) is 6.83. The second-order valence-electron chi connectivity index (χ2n) is 9.77. The molecule has 10 nitrogen and oxygen atoms in total. The number of thiazole rings is 1. The molecule has 0 saturated heterocycles. The van der Waals surface area contributed by atoms with Gasteiger partial charge >= 0.3 is 0 Å². The van der Waals surface area contributed by atoms with Crippen molar-refractivity contribution in [2.24, 2.45) is 11.7 Å². The van der Waals surface area contributed by atoms with Gasteiger partial charge in [-0.05, 0) is 38.4 Å². The number of nitrogen functional groups attached to an aromatic ring is 1. The molecule has 12 heteroatoms. The Hall–Kier alpha value is -3.02. The first-order valence-electron chi connectivity index (χ1n) is 12.1. The highest BCUT2D eigenvalue weighted by Gasteiger charge is 2.37. The van der Waals surface area contributed by atoms with Gasteiger partial charge in [-0.15, -0.1) is 23.7 Å². The highest BCUT2D eigenvalue weighted by Crippen LogP contribution is 2.28. The summed E-state index contributed by atoms with van der Waals surface area (Å²) in [7, 11) is 5.50. The Morgan fingerprint density at radius 2 is 1.84 bits per heavy atom. The van der Waals surface area contributed by atoms with Gasteiger partial charge in [0.25, 0.3) is 11.8 Å². The van der Waals surface area contributed by atoms with Gasteiger partial charge in [0.05, 0.1) is 11.7 Å². The van der Waals surface area contributed by atoms with Crippen LogP contribution in [0.2, 0.25) is 0 Å². The number of nitrogens with one attached hydrogen (secondary N) is 3. The fourth-order valence-corrected chi connectivity index (χ4v) is 5.91. The van der Waals surface area contributed by atoms with Crippen molar-refractivity contribution in [2.75, 3.05) is 27.7 Å². The number of fused-ring (bicyclic) bond motifs is 1. The Kier molecular flexibility index (Phi) is 9.27. The Morgan fingerprint density at radius 1 is 1.14 bits per heavy atom. The molecule has 1 aromatic heterocycles. The standard InChI is InChI=1S/C25H33N7O3S.ClH/c1-31(2)25(35)16-7-8-17(28-22(33)15-6-4-5-14(11-15)21(26)27)19(12-16)29-23(34)24-30-18-9-10-32(3)13-20(18)36-24;/h4-6,11,16-17,19H,7-10,12-13H2,1-3H3,(H3,26,27)(H,28,33)(H,29,34);1H/t16-,17-,19+;/m0./s1. The smallest absolute Gasteiger partial charge is 0.280 e. The van der Waals surface area contributed by atoms with Crippen LogP contribution >= 0.6 is 23.7 Å². The maximum Gasteiger partial charge on any atom is 0.280 e. The van der Waals surface area contributed by atoms with E-state index in [1.165, 1.54) is 11.3 Å². The van der Waals surface area contributed by atoms with Crippen LogP contribution in [0.15, 0.2) is 24.3 Å². The van der Waals surface area contributed by atoms with Crippen molar-refractivity contribution in [3.63, 3.8) is 0 Å². The Bertz CT molecular complexity index is 1180. The van der Waals surface area contributed by atoms with Crippen LogP contribution < -0.4 is 16.4 Å². The molecule has 0 spiro atoms. The number of benzene rings is 1. The average Bonchev–Trinajstić information content (AvgIpc) is 3.28. The molecule has 200 valence electrons. The quantitative estimate of drug-likeness (QED) is 0.319. The Labute approximate surface area is 226 Å². The number of rotatable bonds is 6. The van der Waals surface area contributed by atoms with E-state index in [2.05, 4.69) is 20.5 Å². The zero-order valence-corrected chi connectivity index (χ0v) is 22.9. The zero-order valence-electron chi connectivity index (χ0n) is 21.2. The van der Waals surface area contributed by atoms with E-state index < -0.39 is 6.04 Å². The maximum atomic E-state index is 13.2. The van der Waals surface area contributed by atoms with Crippen LogP contribution in [0, 0.1) is 11.3 Å². The van der Waals surface area contributed by atoms with E-state index in [9.17, 15) is 14.4 Å². The predicted octanol–water partition coefficient (Wildman–Crippen LogP) is 1.62. The second kappa shape index (κ2) is 12.0. The number of likely N-dealkylation sites (N-methyl/N-ethyl adjacent to an activating group) is 1. The summed E-state index contributed by atoms with van der Waals surface area (Å²) in [4.78, 5) is 48.4. The summed E-state index contributed by atoms with van der Waals surface area (Å²) in [6.07, 6.45) is 2.40. The molecule has 1 saturated carbocycles. The van der Waals surface area contributed by atoms with E-state index in [0.717, 1.165) is 30.1 Å². The molecule has 2 aliphatic rings. The lowest BCUT2D eigenvalue weighted by Gasteiger charge is -2.37. The van der Waals surface area contributed by atoms with E-state index in [4.69, 9.17) is 11.1 Å². The average molecular weight is 548 g/mol. The summed E-state index contributed by atoms with van der Waals surface area (Å²) < 4.78 is 0. The lowest BCUT2D eigenvalue weighted by atomic mass is 9.81. The summed E-state index contributed by atoms with van der Waals surface area (Å²) in [6, 6.07) is 5.81. The van der Waals surface area contributed by atoms with Crippen molar-refractivity contribution in [3.05, 3.63) is 51.0 Å². The van der Waals surface area contributed by atoms with Gasteiger partial charge in [0.2, 0.25) is 5.91 Å². The minimum atomic E-state index is -0.427. The number of halogens is 1. The fourth-order valence-electron chi connectivity index (χ4n) is 4.82. The van der Waals surface area contributed by atoms with E-state index >= 15 is 0 Å². The molecular formula is C25H34ClN7O3S. The lowest BCUT2D eigenvalue weighted by Crippen LogP contribution is -2.55.